The van der Waals surface area contributed by atoms with Gasteiger partial charge in [0.05, 0.1) is 12.0 Å². The number of carbonyl (C=O) groups is 2. The maximum absolute atomic E-state index is 12.3. The lowest BCUT2D eigenvalue weighted by atomic mass is 10.2. The van der Waals surface area contributed by atoms with E-state index in [1.807, 2.05) is 0 Å². The van der Waals surface area contributed by atoms with Crippen LogP contribution >= 0.6 is 0 Å². The van der Waals surface area contributed by atoms with Gasteiger partial charge in [-0.05, 0) is 48.5 Å². The second kappa shape index (κ2) is 8.97. The SMILES string of the molecule is C=CCNS(=O)(=O)c1ccc(C(=O)Nc2ccc(NC(=O)OC)cc2)cc1. The summed E-state index contributed by atoms with van der Waals surface area (Å²) in [4.78, 5) is 23.5. The topological polar surface area (TPSA) is 114 Å². The number of sulfonamides is 1. The number of amides is 2. The second-order valence-corrected chi connectivity index (χ2v) is 7.08. The molecule has 3 N–H and O–H groups in total. The van der Waals surface area contributed by atoms with Crippen LogP contribution in [0.25, 0.3) is 0 Å². The van der Waals surface area contributed by atoms with Crippen molar-refractivity contribution < 1.29 is 22.7 Å². The van der Waals surface area contributed by atoms with Crippen LogP contribution in [0.1, 0.15) is 10.4 Å². The number of benzene rings is 2. The second-order valence-electron chi connectivity index (χ2n) is 5.31. The molecule has 0 spiro atoms. The first-order valence-corrected chi connectivity index (χ1v) is 9.31. The van der Waals surface area contributed by atoms with Gasteiger partial charge in [-0.3, -0.25) is 10.1 Å². The summed E-state index contributed by atoms with van der Waals surface area (Å²) in [5.41, 5.74) is 1.33. The number of carbonyl (C=O) groups excluding carboxylic acids is 2. The molecule has 2 amide bonds. The van der Waals surface area contributed by atoms with E-state index in [2.05, 4.69) is 26.7 Å². The van der Waals surface area contributed by atoms with Crippen molar-refractivity contribution in [2.24, 2.45) is 0 Å². The van der Waals surface area contributed by atoms with Crippen LogP contribution in [-0.2, 0) is 14.8 Å². The molecular formula is C18H19N3O5S. The molecule has 2 rings (SSSR count). The zero-order valence-corrected chi connectivity index (χ0v) is 15.4. The van der Waals surface area contributed by atoms with Gasteiger partial charge >= 0.3 is 6.09 Å². The van der Waals surface area contributed by atoms with Gasteiger partial charge in [0, 0.05) is 23.5 Å². The smallest absolute Gasteiger partial charge is 0.411 e. The fourth-order valence-electron chi connectivity index (χ4n) is 2.05. The summed E-state index contributed by atoms with van der Waals surface area (Å²) in [5.74, 6) is -0.397. The average Bonchev–Trinajstić information content (AvgIpc) is 2.68. The quantitative estimate of drug-likeness (QED) is 0.630. The lowest BCUT2D eigenvalue weighted by Gasteiger charge is -2.08. The van der Waals surface area contributed by atoms with Gasteiger partial charge in [0.2, 0.25) is 10.0 Å². The normalized spacial score (nSPS) is 10.7. The van der Waals surface area contributed by atoms with Gasteiger partial charge in [0.1, 0.15) is 0 Å². The third-order valence-corrected chi connectivity index (χ3v) is 4.86. The molecule has 0 saturated heterocycles. The highest BCUT2D eigenvalue weighted by Crippen LogP contribution is 2.16. The first-order valence-electron chi connectivity index (χ1n) is 7.82. The Balaban J connectivity index is 2.03. The standard InChI is InChI=1S/C18H19N3O5S/c1-3-12-19-27(24,25)16-10-4-13(5-11-16)17(22)20-14-6-8-15(9-7-14)21-18(23)26-2/h3-11,19H,1,12H2,2H3,(H,20,22)(H,21,23). The van der Waals surface area contributed by atoms with E-state index in [9.17, 15) is 18.0 Å². The summed E-state index contributed by atoms with van der Waals surface area (Å²) in [7, 11) is -2.38. The van der Waals surface area contributed by atoms with E-state index in [1.54, 1.807) is 24.3 Å². The predicted molar refractivity (Wildman–Crippen MR) is 102 cm³/mol. The number of hydrogen-bond acceptors (Lipinski definition) is 5. The third-order valence-electron chi connectivity index (χ3n) is 3.42. The summed E-state index contributed by atoms with van der Waals surface area (Å²) in [6.07, 6.45) is 0.843. The fraction of sp³-hybridized carbons (Fsp3) is 0.111. The molecule has 0 heterocycles. The highest BCUT2D eigenvalue weighted by Gasteiger charge is 2.14. The van der Waals surface area contributed by atoms with Gasteiger partial charge in [0.25, 0.3) is 5.91 Å². The molecular weight excluding hydrogens is 370 g/mol. The average molecular weight is 389 g/mol. The van der Waals surface area contributed by atoms with E-state index in [1.165, 1.54) is 37.5 Å². The van der Waals surface area contributed by atoms with Crippen molar-refractivity contribution in [3.05, 3.63) is 66.7 Å². The van der Waals surface area contributed by atoms with Gasteiger partial charge in [-0.25, -0.2) is 17.9 Å². The van der Waals surface area contributed by atoms with Gasteiger partial charge in [-0.15, -0.1) is 6.58 Å². The lowest BCUT2D eigenvalue weighted by molar-refractivity contribution is 0.102. The van der Waals surface area contributed by atoms with Crippen molar-refractivity contribution in [2.75, 3.05) is 24.3 Å². The van der Waals surface area contributed by atoms with Crippen LogP contribution in [0, 0.1) is 0 Å². The highest BCUT2D eigenvalue weighted by molar-refractivity contribution is 7.89. The largest absolute Gasteiger partial charge is 0.453 e. The van der Waals surface area contributed by atoms with Crippen LogP contribution in [0.3, 0.4) is 0 Å². The van der Waals surface area contributed by atoms with Gasteiger partial charge in [-0.2, -0.15) is 0 Å². The summed E-state index contributed by atoms with van der Waals surface area (Å²) < 4.78 is 30.8. The predicted octanol–water partition coefficient (Wildman–Crippen LogP) is 2.58. The van der Waals surface area contributed by atoms with Gasteiger partial charge < -0.3 is 10.1 Å². The molecule has 0 atom stereocenters. The summed E-state index contributed by atoms with van der Waals surface area (Å²) in [6.45, 7) is 3.57. The minimum atomic E-state index is -3.64. The van der Waals surface area contributed by atoms with E-state index in [0.717, 1.165) is 0 Å². The van der Waals surface area contributed by atoms with E-state index < -0.39 is 22.0 Å². The Kier molecular flexibility index (Phi) is 6.69. The van der Waals surface area contributed by atoms with Gasteiger partial charge in [-0.1, -0.05) is 6.08 Å². The van der Waals surface area contributed by atoms with Crippen molar-refractivity contribution in [1.82, 2.24) is 4.72 Å². The molecule has 0 bridgehead atoms. The monoisotopic (exact) mass is 389 g/mol. The zero-order chi connectivity index (χ0) is 19.9. The zero-order valence-electron chi connectivity index (χ0n) is 14.6. The molecule has 0 fully saturated rings. The van der Waals surface area contributed by atoms with Crippen molar-refractivity contribution in [3.63, 3.8) is 0 Å². The highest BCUT2D eigenvalue weighted by atomic mass is 32.2. The van der Waals surface area contributed by atoms with Gasteiger partial charge in [0.15, 0.2) is 0 Å². The van der Waals surface area contributed by atoms with Crippen molar-refractivity contribution >= 4 is 33.4 Å². The Morgan fingerprint density at radius 1 is 1.00 bits per heavy atom. The van der Waals surface area contributed by atoms with E-state index in [4.69, 9.17) is 0 Å². The molecule has 0 radical (unpaired) electrons. The lowest BCUT2D eigenvalue weighted by Crippen LogP contribution is -2.23. The van der Waals surface area contributed by atoms with Crippen LogP contribution in [-0.4, -0.2) is 34.1 Å². The number of ether oxygens (including phenoxy) is 1. The Hall–Kier alpha value is -3.17. The molecule has 0 saturated carbocycles. The molecule has 142 valence electrons. The van der Waals surface area contributed by atoms with E-state index >= 15 is 0 Å². The maximum Gasteiger partial charge on any atom is 0.411 e. The molecule has 8 nitrogen and oxygen atoms in total. The Labute approximate surface area is 157 Å². The summed E-state index contributed by atoms with van der Waals surface area (Å²) in [6, 6.07) is 12.0. The number of rotatable bonds is 7. The molecule has 27 heavy (non-hydrogen) atoms. The first kappa shape index (κ1) is 20.1. The molecule has 0 unspecified atom stereocenters. The van der Waals surface area contributed by atoms with E-state index in [0.29, 0.717) is 16.9 Å². The van der Waals surface area contributed by atoms with Crippen LogP contribution in [0.2, 0.25) is 0 Å². The van der Waals surface area contributed by atoms with Crippen LogP contribution < -0.4 is 15.4 Å². The number of hydrogen-bond donors (Lipinski definition) is 3. The number of anilines is 2. The number of nitrogens with one attached hydrogen (secondary N) is 3. The summed E-state index contributed by atoms with van der Waals surface area (Å²) >= 11 is 0. The first-order chi connectivity index (χ1) is 12.9. The van der Waals surface area contributed by atoms with Crippen LogP contribution in [0.4, 0.5) is 16.2 Å². The van der Waals surface area contributed by atoms with Crippen molar-refractivity contribution in [1.29, 1.82) is 0 Å². The molecule has 9 heteroatoms. The third kappa shape index (κ3) is 5.66. The molecule has 0 aliphatic rings. The minimum Gasteiger partial charge on any atom is -0.453 e. The van der Waals surface area contributed by atoms with Crippen LogP contribution in [0.5, 0.6) is 0 Å². The maximum atomic E-state index is 12.3. The Bertz CT molecular complexity index is 922. The Morgan fingerprint density at radius 2 is 1.56 bits per heavy atom. The molecule has 0 aliphatic carbocycles. The number of methoxy groups -OCH3 is 1. The molecule has 2 aromatic rings. The summed E-state index contributed by atoms with van der Waals surface area (Å²) in [5, 5.41) is 5.18. The Morgan fingerprint density at radius 3 is 2.07 bits per heavy atom. The van der Waals surface area contributed by atoms with E-state index in [-0.39, 0.29) is 11.4 Å². The molecule has 2 aromatic carbocycles. The van der Waals surface area contributed by atoms with Crippen molar-refractivity contribution in [2.45, 2.75) is 4.90 Å². The molecule has 0 aromatic heterocycles. The van der Waals surface area contributed by atoms with Crippen LogP contribution in [0.15, 0.2) is 66.1 Å². The fourth-order valence-corrected chi connectivity index (χ4v) is 3.04. The minimum absolute atomic E-state index is 0.0548. The molecule has 0 aliphatic heterocycles. The van der Waals surface area contributed by atoms with Crippen molar-refractivity contribution in [3.8, 4) is 0 Å².